The molecule has 0 aliphatic heterocycles. The number of rotatable bonds is 7. The van der Waals surface area contributed by atoms with Gasteiger partial charge in [-0.2, -0.15) is 13.2 Å². The van der Waals surface area contributed by atoms with Crippen LogP contribution in [0.1, 0.15) is 16.7 Å². The van der Waals surface area contributed by atoms with E-state index in [1.165, 1.54) is 12.1 Å². The monoisotopic (exact) mass is 383 g/mol. The Morgan fingerprint density at radius 3 is 1.85 bits per heavy atom. The molecular formula is C19H21F4N3O. The van der Waals surface area contributed by atoms with Gasteiger partial charge in [0.1, 0.15) is 12.4 Å². The van der Waals surface area contributed by atoms with E-state index in [0.717, 1.165) is 11.1 Å². The zero-order valence-electron chi connectivity index (χ0n) is 14.8. The molecule has 0 saturated carbocycles. The number of hydrogen-bond donors (Lipinski definition) is 2. The molecule has 0 atom stereocenters. The van der Waals surface area contributed by atoms with Crippen LogP contribution in [0.25, 0.3) is 0 Å². The number of ether oxygens (including phenoxy) is 1. The lowest BCUT2D eigenvalue weighted by atomic mass is 10.1. The van der Waals surface area contributed by atoms with Gasteiger partial charge >= 0.3 is 6.18 Å². The molecule has 0 fully saturated rings. The minimum absolute atomic E-state index is 0.0892. The minimum Gasteiger partial charge on any atom is -0.367 e. The zero-order chi connectivity index (χ0) is 19.7. The largest absolute Gasteiger partial charge is 0.411 e. The minimum atomic E-state index is -4.32. The maximum atomic E-state index is 12.9. The van der Waals surface area contributed by atoms with E-state index in [9.17, 15) is 17.6 Å². The molecule has 2 rings (SSSR count). The van der Waals surface area contributed by atoms with Crippen LogP contribution in [0.15, 0.2) is 53.5 Å². The molecule has 27 heavy (non-hydrogen) atoms. The molecule has 2 aromatic carbocycles. The average molecular weight is 383 g/mol. The highest BCUT2D eigenvalue weighted by Gasteiger charge is 2.27. The third kappa shape index (κ3) is 8.08. The van der Waals surface area contributed by atoms with Crippen molar-refractivity contribution >= 4 is 5.96 Å². The second-order valence-electron chi connectivity index (χ2n) is 5.83. The quantitative estimate of drug-likeness (QED) is 0.435. The lowest BCUT2D eigenvalue weighted by Gasteiger charge is -2.12. The van der Waals surface area contributed by atoms with Gasteiger partial charge in [0.05, 0.1) is 6.61 Å². The van der Waals surface area contributed by atoms with Gasteiger partial charge in [-0.15, -0.1) is 0 Å². The average Bonchev–Trinajstić information content (AvgIpc) is 2.63. The highest BCUT2D eigenvalue weighted by atomic mass is 19.4. The van der Waals surface area contributed by atoms with Gasteiger partial charge in [0.15, 0.2) is 5.96 Å². The fourth-order valence-electron chi connectivity index (χ4n) is 2.23. The van der Waals surface area contributed by atoms with Gasteiger partial charge in [-0.05, 0) is 28.8 Å². The van der Waals surface area contributed by atoms with E-state index in [1.54, 1.807) is 31.3 Å². The van der Waals surface area contributed by atoms with Crippen molar-refractivity contribution in [1.82, 2.24) is 10.6 Å². The molecule has 0 unspecified atom stereocenters. The van der Waals surface area contributed by atoms with Gasteiger partial charge in [-0.3, -0.25) is 4.99 Å². The van der Waals surface area contributed by atoms with Gasteiger partial charge in [0.25, 0.3) is 0 Å². The predicted molar refractivity (Wildman–Crippen MR) is 95.6 cm³/mol. The fourth-order valence-corrected chi connectivity index (χ4v) is 2.23. The van der Waals surface area contributed by atoms with Crippen molar-refractivity contribution in [3.63, 3.8) is 0 Å². The predicted octanol–water partition coefficient (Wildman–Crippen LogP) is 3.77. The normalized spacial score (nSPS) is 12.1. The summed E-state index contributed by atoms with van der Waals surface area (Å²) in [6, 6.07) is 13.2. The maximum absolute atomic E-state index is 12.9. The highest BCUT2D eigenvalue weighted by Crippen LogP contribution is 2.15. The molecule has 0 spiro atoms. The summed E-state index contributed by atoms with van der Waals surface area (Å²) in [5, 5.41) is 6.25. The number of nitrogens with zero attached hydrogens (tertiary/aromatic N) is 1. The molecule has 0 heterocycles. The first-order chi connectivity index (χ1) is 12.9. The number of halogens is 4. The van der Waals surface area contributed by atoms with Crippen LogP contribution in [0.2, 0.25) is 0 Å². The molecule has 8 heteroatoms. The van der Waals surface area contributed by atoms with Gasteiger partial charge in [-0.25, -0.2) is 4.39 Å². The smallest absolute Gasteiger partial charge is 0.367 e. The van der Waals surface area contributed by atoms with E-state index in [1.807, 2.05) is 12.1 Å². The molecule has 0 aliphatic carbocycles. The molecule has 2 N–H and O–H groups in total. The Morgan fingerprint density at radius 1 is 0.889 bits per heavy atom. The first-order valence-electron chi connectivity index (χ1n) is 8.27. The lowest BCUT2D eigenvalue weighted by Crippen LogP contribution is -2.36. The Bertz CT molecular complexity index is 728. The SMILES string of the molecule is CN=C(NCc1ccc(F)cc1)NCc1ccc(COCC(F)(F)F)cc1. The summed E-state index contributed by atoms with van der Waals surface area (Å²) in [6.45, 7) is -0.358. The Hall–Kier alpha value is -2.61. The first-order valence-corrected chi connectivity index (χ1v) is 8.27. The van der Waals surface area contributed by atoms with Crippen LogP contribution < -0.4 is 10.6 Å². The third-order valence-electron chi connectivity index (χ3n) is 3.61. The number of nitrogens with one attached hydrogen (secondary N) is 2. The van der Waals surface area contributed by atoms with Gasteiger partial charge in [0.2, 0.25) is 0 Å². The second kappa shape index (κ2) is 9.91. The number of hydrogen-bond acceptors (Lipinski definition) is 2. The second-order valence-corrected chi connectivity index (χ2v) is 5.83. The summed E-state index contributed by atoms with van der Waals surface area (Å²) in [5.74, 6) is 0.297. The van der Waals surface area contributed by atoms with E-state index in [0.29, 0.717) is 24.6 Å². The molecule has 0 amide bonds. The first kappa shape index (κ1) is 20.7. The summed E-state index contributed by atoms with van der Waals surface area (Å²) >= 11 is 0. The molecule has 0 radical (unpaired) electrons. The van der Waals surface area contributed by atoms with Crippen molar-refractivity contribution in [2.24, 2.45) is 4.99 Å². The summed E-state index contributed by atoms with van der Waals surface area (Å²) in [7, 11) is 1.64. The molecular weight excluding hydrogens is 362 g/mol. The Morgan fingerprint density at radius 2 is 1.37 bits per heavy atom. The molecule has 0 saturated heterocycles. The number of alkyl halides is 3. The van der Waals surface area contributed by atoms with E-state index in [-0.39, 0.29) is 12.4 Å². The molecule has 0 aromatic heterocycles. The van der Waals surface area contributed by atoms with E-state index in [4.69, 9.17) is 0 Å². The van der Waals surface area contributed by atoms with Gasteiger partial charge in [0, 0.05) is 20.1 Å². The summed E-state index contributed by atoms with van der Waals surface area (Å²) in [4.78, 5) is 4.11. The van der Waals surface area contributed by atoms with Crippen LogP contribution in [-0.4, -0.2) is 25.8 Å². The van der Waals surface area contributed by atoms with E-state index >= 15 is 0 Å². The van der Waals surface area contributed by atoms with E-state index < -0.39 is 12.8 Å². The molecule has 2 aromatic rings. The Kier molecular flexibility index (Phi) is 7.60. The van der Waals surface area contributed by atoms with Crippen LogP contribution in [0.4, 0.5) is 17.6 Å². The topological polar surface area (TPSA) is 45.7 Å². The summed E-state index contributed by atoms with van der Waals surface area (Å²) in [5.41, 5.74) is 2.53. The standard InChI is InChI=1S/C19H21F4N3O/c1-24-18(26-11-15-6-8-17(20)9-7-15)25-10-14-2-4-16(5-3-14)12-27-13-19(21,22)23/h2-9H,10-13H2,1H3,(H2,24,25,26). The van der Waals surface area contributed by atoms with Crippen molar-refractivity contribution in [2.45, 2.75) is 25.9 Å². The maximum Gasteiger partial charge on any atom is 0.411 e. The summed E-state index contributed by atoms with van der Waals surface area (Å²) in [6.07, 6.45) is -4.32. The lowest BCUT2D eigenvalue weighted by molar-refractivity contribution is -0.176. The van der Waals surface area contributed by atoms with Crippen molar-refractivity contribution in [3.8, 4) is 0 Å². The van der Waals surface area contributed by atoms with Gasteiger partial charge in [-0.1, -0.05) is 36.4 Å². The zero-order valence-corrected chi connectivity index (χ0v) is 14.8. The van der Waals surface area contributed by atoms with Crippen LogP contribution in [0, 0.1) is 5.82 Å². The number of guanidine groups is 1. The highest BCUT2D eigenvalue weighted by molar-refractivity contribution is 5.79. The van der Waals surface area contributed by atoms with Crippen LogP contribution in [0.5, 0.6) is 0 Å². The number of benzene rings is 2. The van der Waals surface area contributed by atoms with E-state index in [2.05, 4.69) is 20.4 Å². The molecule has 0 aliphatic rings. The van der Waals surface area contributed by atoms with Crippen LogP contribution in [0.3, 0.4) is 0 Å². The molecule has 4 nitrogen and oxygen atoms in total. The fraction of sp³-hybridized carbons (Fsp3) is 0.316. The van der Waals surface area contributed by atoms with Crippen LogP contribution >= 0.6 is 0 Å². The summed E-state index contributed by atoms with van der Waals surface area (Å²) < 4.78 is 53.7. The Balaban J connectivity index is 1.76. The number of aliphatic imine (C=N–C) groups is 1. The molecule has 0 bridgehead atoms. The Labute approximate surface area is 155 Å². The third-order valence-corrected chi connectivity index (χ3v) is 3.61. The van der Waals surface area contributed by atoms with Crippen LogP contribution in [-0.2, 0) is 24.4 Å². The molecule has 146 valence electrons. The van der Waals surface area contributed by atoms with Gasteiger partial charge < -0.3 is 15.4 Å². The van der Waals surface area contributed by atoms with Crippen molar-refractivity contribution in [2.75, 3.05) is 13.7 Å². The van der Waals surface area contributed by atoms with Crippen molar-refractivity contribution < 1.29 is 22.3 Å². The van der Waals surface area contributed by atoms with Crippen molar-refractivity contribution in [3.05, 3.63) is 71.0 Å². The van der Waals surface area contributed by atoms with Crippen molar-refractivity contribution in [1.29, 1.82) is 0 Å².